The van der Waals surface area contributed by atoms with Gasteiger partial charge in [-0.2, -0.15) is 0 Å². The van der Waals surface area contributed by atoms with Gasteiger partial charge in [-0.1, -0.05) is 18.2 Å². The van der Waals surface area contributed by atoms with Gasteiger partial charge < -0.3 is 4.90 Å². The standard InChI is InChI=1S/C16H21N3O2S2/c20-23(21,15-7-3-1-4-8-15)17-10-9-14-13-22-16(18-14)19-11-5-2-6-12-19/h1,3-4,7-8,13,17H,2,5-6,9-12H2. The fraction of sp³-hybridized carbons (Fsp3) is 0.438. The van der Waals surface area contributed by atoms with Gasteiger partial charge in [0.25, 0.3) is 0 Å². The van der Waals surface area contributed by atoms with E-state index in [1.165, 1.54) is 19.3 Å². The van der Waals surface area contributed by atoms with E-state index in [-0.39, 0.29) is 0 Å². The van der Waals surface area contributed by atoms with Crippen LogP contribution in [0.3, 0.4) is 0 Å². The van der Waals surface area contributed by atoms with Gasteiger partial charge in [0.1, 0.15) is 0 Å². The number of hydrogen-bond donors (Lipinski definition) is 1. The first-order chi connectivity index (χ1) is 11.1. The summed E-state index contributed by atoms with van der Waals surface area (Å²) >= 11 is 1.65. The van der Waals surface area contributed by atoms with Crippen molar-refractivity contribution in [1.29, 1.82) is 0 Å². The molecule has 1 aliphatic rings. The molecule has 1 fully saturated rings. The van der Waals surface area contributed by atoms with Crippen molar-refractivity contribution in [3.63, 3.8) is 0 Å². The Kier molecular flexibility index (Phi) is 5.30. The van der Waals surface area contributed by atoms with Crippen molar-refractivity contribution in [2.24, 2.45) is 0 Å². The van der Waals surface area contributed by atoms with Crippen LogP contribution in [0.5, 0.6) is 0 Å². The molecule has 1 N–H and O–H groups in total. The maximum Gasteiger partial charge on any atom is 0.240 e. The molecule has 0 bridgehead atoms. The van der Waals surface area contributed by atoms with Crippen LogP contribution in [0.25, 0.3) is 0 Å². The summed E-state index contributed by atoms with van der Waals surface area (Å²) in [6.45, 7) is 2.52. The lowest BCUT2D eigenvalue weighted by Gasteiger charge is -2.25. The first kappa shape index (κ1) is 16.4. The Morgan fingerprint density at radius 2 is 1.87 bits per heavy atom. The summed E-state index contributed by atoms with van der Waals surface area (Å²) < 4.78 is 26.9. The minimum atomic E-state index is -3.43. The van der Waals surface area contributed by atoms with Crippen LogP contribution >= 0.6 is 11.3 Å². The molecule has 5 nitrogen and oxygen atoms in total. The van der Waals surface area contributed by atoms with Crippen molar-refractivity contribution < 1.29 is 8.42 Å². The van der Waals surface area contributed by atoms with Gasteiger partial charge >= 0.3 is 0 Å². The summed E-state index contributed by atoms with van der Waals surface area (Å²) in [7, 11) is -3.43. The normalized spacial score (nSPS) is 15.7. The van der Waals surface area contributed by atoms with Crippen LogP contribution in [0.15, 0.2) is 40.6 Å². The van der Waals surface area contributed by atoms with E-state index in [9.17, 15) is 8.42 Å². The number of aromatic nitrogens is 1. The molecule has 0 atom stereocenters. The van der Waals surface area contributed by atoms with Gasteiger partial charge in [-0.15, -0.1) is 11.3 Å². The van der Waals surface area contributed by atoms with Crippen molar-refractivity contribution in [3.05, 3.63) is 41.4 Å². The van der Waals surface area contributed by atoms with Crippen LogP contribution in [0, 0.1) is 0 Å². The molecule has 1 aliphatic heterocycles. The Hall–Kier alpha value is -1.44. The molecule has 0 saturated carbocycles. The molecule has 7 heteroatoms. The summed E-state index contributed by atoms with van der Waals surface area (Å²) in [6, 6.07) is 8.44. The highest BCUT2D eigenvalue weighted by atomic mass is 32.2. The van der Waals surface area contributed by atoms with Crippen LogP contribution in [0.2, 0.25) is 0 Å². The zero-order chi connectivity index (χ0) is 16.1. The number of sulfonamides is 1. The highest BCUT2D eigenvalue weighted by Crippen LogP contribution is 2.24. The van der Waals surface area contributed by atoms with E-state index in [4.69, 9.17) is 0 Å². The summed E-state index contributed by atoms with van der Waals surface area (Å²) in [6.07, 6.45) is 4.37. The lowest BCUT2D eigenvalue weighted by Crippen LogP contribution is -2.29. The molecule has 2 aromatic rings. The first-order valence-electron chi connectivity index (χ1n) is 7.89. The maximum atomic E-state index is 12.1. The molecular formula is C16H21N3O2S2. The van der Waals surface area contributed by atoms with E-state index in [0.29, 0.717) is 17.9 Å². The summed E-state index contributed by atoms with van der Waals surface area (Å²) in [5, 5.41) is 3.09. The Bertz CT molecular complexity index is 723. The molecular weight excluding hydrogens is 330 g/mol. The Morgan fingerprint density at radius 3 is 2.61 bits per heavy atom. The largest absolute Gasteiger partial charge is 0.348 e. The Morgan fingerprint density at radius 1 is 1.13 bits per heavy atom. The zero-order valence-electron chi connectivity index (χ0n) is 12.9. The van der Waals surface area contributed by atoms with E-state index in [0.717, 1.165) is 23.9 Å². The third-order valence-electron chi connectivity index (χ3n) is 3.89. The second kappa shape index (κ2) is 7.42. The van der Waals surface area contributed by atoms with Crippen LogP contribution in [0.1, 0.15) is 25.0 Å². The van der Waals surface area contributed by atoms with E-state index in [1.54, 1.807) is 41.7 Å². The summed E-state index contributed by atoms with van der Waals surface area (Å²) in [5.41, 5.74) is 0.950. The Balaban J connectivity index is 1.54. The molecule has 124 valence electrons. The van der Waals surface area contributed by atoms with E-state index >= 15 is 0 Å². The van der Waals surface area contributed by atoms with Crippen molar-refractivity contribution >= 4 is 26.5 Å². The molecule has 0 amide bonds. The van der Waals surface area contributed by atoms with Gasteiger partial charge in [-0.3, -0.25) is 0 Å². The second-order valence-corrected chi connectivity index (χ2v) is 8.23. The van der Waals surface area contributed by atoms with Crippen molar-refractivity contribution in [1.82, 2.24) is 9.71 Å². The number of nitrogens with one attached hydrogen (secondary N) is 1. The minimum Gasteiger partial charge on any atom is -0.348 e. The topological polar surface area (TPSA) is 62.3 Å². The molecule has 0 unspecified atom stereocenters. The summed E-state index contributed by atoms with van der Waals surface area (Å²) in [4.78, 5) is 7.26. The molecule has 23 heavy (non-hydrogen) atoms. The lowest BCUT2D eigenvalue weighted by atomic mass is 10.1. The average Bonchev–Trinajstić information content (AvgIpc) is 3.05. The van der Waals surface area contributed by atoms with Crippen molar-refractivity contribution in [2.45, 2.75) is 30.6 Å². The molecule has 0 radical (unpaired) electrons. The highest BCUT2D eigenvalue weighted by Gasteiger charge is 2.15. The molecule has 0 aliphatic carbocycles. The third-order valence-corrected chi connectivity index (χ3v) is 6.32. The number of nitrogens with zero attached hydrogens (tertiary/aromatic N) is 2. The van der Waals surface area contributed by atoms with Gasteiger partial charge in [0.05, 0.1) is 10.6 Å². The maximum absolute atomic E-state index is 12.1. The van der Waals surface area contributed by atoms with Gasteiger partial charge in [-0.25, -0.2) is 18.1 Å². The number of rotatable bonds is 6. The molecule has 3 rings (SSSR count). The Labute approximate surface area is 141 Å². The number of piperidine rings is 1. The van der Waals surface area contributed by atoms with E-state index < -0.39 is 10.0 Å². The van der Waals surface area contributed by atoms with Gasteiger partial charge in [0, 0.05) is 31.4 Å². The van der Waals surface area contributed by atoms with Crippen LogP contribution < -0.4 is 9.62 Å². The monoisotopic (exact) mass is 351 g/mol. The van der Waals surface area contributed by atoms with Crippen molar-refractivity contribution in [2.75, 3.05) is 24.5 Å². The number of benzene rings is 1. The smallest absolute Gasteiger partial charge is 0.240 e. The number of anilines is 1. The van der Waals surface area contributed by atoms with E-state index in [1.807, 2.05) is 5.38 Å². The minimum absolute atomic E-state index is 0.298. The fourth-order valence-corrected chi connectivity index (χ4v) is 4.60. The third kappa shape index (κ3) is 4.31. The van der Waals surface area contributed by atoms with Gasteiger partial charge in [-0.05, 0) is 31.4 Å². The van der Waals surface area contributed by atoms with Crippen LogP contribution in [-0.2, 0) is 16.4 Å². The predicted molar refractivity (Wildman–Crippen MR) is 93.5 cm³/mol. The molecule has 1 aromatic carbocycles. The summed E-state index contributed by atoms with van der Waals surface area (Å²) in [5.74, 6) is 0. The highest BCUT2D eigenvalue weighted by molar-refractivity contribution is 7.89. The fourth-order valence-electron chi connectivity index (χ4n) is 2.64. The van der Waals surface area contributed by atoms with Crippen LogP contribution in [0.4, 0.5) is 5.13 Å². The first-order valence-corrected chi connectivity index (χ1v) is 10.3. The number of thiazole rings is 1. The van der Waals surface area contributed by atoms with Gasteiger partial charge in [0.15, 0.2) is 5.13 Å². The SMILES string of the molecule is O=S(=O)(NCCc1csc(N2CCCCC2)n1)c1ccccc1. The predicted octanol–water partition coefficient (Wildman–Crippen LogP) is 2.65. The molecule has 1 saturated heterocycles. The van der Waals surface area contributed by atoms with Crippen molar-refractivity contribution in [3.8, 4) is 0 Å². The van der Waals surface area contributed by atoms with Crippen LogP contribution in [-0.4, -0.2) is 33.0 Å². The molecule has 0 spiro atoms. The molecule has 1 aromatic heterocycles. The molecule has 2 heterocycles. The number of hydrogen-bond acceptors (Lipinski definition) is 5. The van der Waals surface area contributed by atoms with E-state index in [2.05, 4.69) is 14.6 Å². The quantitative estimate of drug-likeness (QED) is 0.869. The second-order valence-electron chi connectivity index (χ2n) is 5.63. The zero-order valence-corrected chi connectivity index (χ0v) is 14.6. The average molecular weight is 351 g/mol. The lowest BCUT2D eigenvalue weighted by molar-refractivity contribution is 0.575. The van der Waals surface area contributed by atoms with Gasteiger partial charge in [0.2, 0.25) is 10.0 Å².